The van der Waals surface area contributed by atoms with E-state index >= 15 is 0 Å². The molecular weight excluding hydrogens is 248 g/mol. The van der Waals surface area contributed by atoms with Crippen LogP contribution in [-0.4, -0.2) is 10.5 Å². The Morgan fingerprint density at radius 3 is 2.05 bits per heavy atom. The normalized spacial score (nSPS) is 43.7. The lowest BCUT2D eigenvalue weighted by atomic mass is 9.66. The lowest BCUT2D eigenvalue weighted by molar-refractivity contribution is 0.108. The predicted octanol–water partition coefficient (Wildman–Crippen LogP) is 6.01. The van der Waals surface area contributed by atoms with E-state index in [9.17, 15) is 0 Å². The van der Waals surface area contributed by atoms with Crippen molar-refractivity contribution < 1.29 is 0 Å². The van der Waals surface area contributed by atoms with Gasteiger partial charge in [0.05, 0.1) is 0 Å². The van der Waals surface area contributed by atoms with E-state index in [0.29, 0.717) is 0 Å². The molecule has 1 aliphatic carbocycles. The molecule has 1 saturated carbocycles. The molecule has 0 aromatic rings. The van der Waals surface area contributed by atoms with Gasteiger partial charge >= 0.3 is 0 Å². The molecule has 7 atom stereocenters. The Bertz CT molecular complexity index is 275. The van der Waals surface area contributed by atoms with Crippen molar-refractivity contribution in [2.45, 2.75) is 83.6 Å². The average Bonchev–Trinajstić information content (AvgIpc) is 2.38. The van der Waals surface area contributed by atoms with E-state index in [1.165, 1.54) is 38.5 Å². The van der Waals surface area contributed by atoms with E-state index in [-0.39, 0.29) is 0 Å². The minimum Gasteiger partial charge on any atom is -0.155 e. The highest BCUT2D eigenvalue weighted by atomic mass is 32.2. The van der Waals surface area contributed by atoms with Gasteiger partial charge in [0.15, 0.2) is 0 Å². The van der Waals surface area contributed by atoms with Crippen LogP contribution < -0.4 is 0 Å². The van der Waals surface area contributed by atoms with Crippen LogP contribution in [0.2, 0.25) is 0 Å². The number of hydrogen-bond donors (Lipinski definition) is 0. The standard InChI is InChI=1S/C18H34S/c1-12-8-6-7-9-17(12)14(3)15(4)18-11-10-13(2)19-16(18)5/h12-18H,6-11H2,1-5H3. The maximum Gasteiger partial charge on any atom is 0.00523 e. The molecular formula is C18H34S. The highest BCUT2D eigenvalue weighted by Gasteiger charge is 2.36. The van der Waals surface area contributed by atoms with Crippen molar-refractivity contribution in [3.05, 3.63) is 0 Å². The summed E-state index contributed by atoms with van der Waals surface area (Å²) in [5.74, 6) is 4.78. The predicted molar refractivity (Wildman–Crippen MR) is 88.7 cm³/mol. The molecule has 1 aliphatic heterocycles. The molecule has 7 unspecified atom stereocenters. The first-order valence-corrected chi connectivity index (χ1v) is 9.60. The van der Waals surface area contributed by atoms with Gasteiger partial charge in [-0.15, -0.1) is 0 Å². The maximum atomic E-state index is 2.56. The zero-order valence-corrected chi connectivity index (χ0v) is 14.5. The average molecular weight is 283 g/mol. The summed E-state index contributed by atoms with van der Waals surface area (Å²) in [6.07, 6.45) is 8.86. The Morgan fingerprint density at radius 2 is 1.42 bits per heavy atom. The van der Waals surface area contributed by atoms with Gasteiger partial charge < -0.3 is 0 Å². The first kappa shape index (κ1) is 15.7. The molecule has 2 aliphatic rings. The van der Waals surface area contributed by atoms with E-state index in [1.54, 1.807) is 0 Å². The SMILES string of the molecule is CC1CCC(C(C)C(C)C2CCCCC2C)C(C)S1. The van der Waals surface area contributed by atoms with E-state index in [2.05, 4.69) is 46.4 Å². The topological polar surface area (TPSA) is 0 Å². The Morgan fingerprint density at radius 1 is 0.789 bits per heavy atom. The second-order valence-corrected chi connectivity index (χ2v) is 9.36. The number of hydrogen-bond acceptors (Lipinski definition) is 1. The molecule has 0 N–H and O–H groups in total. The van der Waals surface area contributed by atoms with Crippen molar-refractivity contribution >= 4 is 11.8 Å². The molecule has 0 aromatic heterocycles. The molecule has 0 radical (unpaired) electrons. The van der Waals surface area contributed by atoms with Crippen molar-refractivity contribution in [1.29, 1.82) is 0 Å². The van der Waals surface area contributed by atoms with Crippen LogP contribution in [0.4, 0.5) is 0 Å². The first-order chi connectivity index (χ1) is 9.00. The summed E-state index contributed by atoms with van der Waals surface area (Å²) in [5, 5.41) is 1.77. The molecule has 1 saturated heterocycles. The van der Waals surface area contributed by atoms with Crippen molar-refractivity contribution in [2.24, 2.45) is 29.6 Å². The second kappa shape index (κ2) is 6.87. The summed E-state index contributed by atoms with van der Waals surface area (Å²) >= 11 is 2.24. The molecule has 1 heterocycles. The van der Waals surface area contributed by atoms with Crippen LogP contribution in [-0.2, 0) is 0 Å². The molecule has 112 valence electrons. The number of rotatable bonds is 3. The first-order valence-electron chi connectivity index (χ1n) is 8.66. The molecule has 0 spiro atoms. The van der Waals surface area contributed by atoms with Crippen molar-refractivity contribution in [1.82, 2.24) is 0 Å². The Labute approximate surface area is 125 Å². The van der Waals surface area contributed by atoms with Gasteiger partial charge in [0.1, 0.15) is 0 Å². The zero-order chi connectivity index (χ0) is 14.0. The van der Waals surface area contributed by atoms with E-state index < -0.39 is 0 Å². The van der Waals surface area contributed by atoms with Crippen LogP contribution >= 0.6 is 11.8 Å². The molecule has 0 amide bonds. The summed E-state index contributed by atoms with van der Waals surface area (Å²) in [7, 11) is 0. The smallest absolute Gasteiger partial charge is 0.00523 e. The highest BCUT2D eigenvalue weighted by molar-refractivity contribution is 8.00. The van der Waals surface area contributed by atoms with Gasteiger partial charge in [0, 0.05) is 10.5 Å². The summed E-state index contributed by atoms with van der Waals surface area (Å²) in [4.78, 5) is 0. The molecule has 0 nitrogen and oxygen atoms in total. The van der Waals surface area contributed by atoms with E-state index in [4.69, 9.17) is 0 Å². The Kier molecular flexibility index (Phi) is 5.69. The second-order valence-electron chi connectivity index (χ2n) is 7.54. The number of thioether (sulfide) groups is 1. The molecule has 2 rings (SSSR count). The molecule has 0 bridgehead atoms. The minimum atomic E-state index is 0.875. The summed E-state index contributed by atoms with van der Waals surface area (Å²) in [6.45, 7) is 12.5. The molecule has 19 heavy (non-hydrogen) atoms. The van der Waals surface area contributed by atoms with E-state index in [0.717, 1.165) is 40.1 Å². The third-order valence-corrected chi connectivity index (χ3v) is 7.79. The summed E-state index contributed by atoms with van der Waals surface area (Å²) in [5.41, 5.74) is 0. The lowest BCUT2D eigenvalue weighted by Crippen LogP contribution is -2.36. The monoisotopic (exact) mass is 282 g/mol. The maximum absolute atomic E-state index is 2.56. The fourth-order valence-electron chi connectivity index (χ4n) is 4.79. The summed E-state index contributed by atoms with van der Waals surface area (Å²) < 4.78 is 0. The van der Waals surface area contributed by atoms with E-state index in [1.807, 2.05) is 0 Å². The molecule has 2 fully saturated rings. The van der Waals surface area contributed by atoms with Crippen LogP contribution in [0.5, 0.6) is 0 Å². The largest absolute Gasteiger partial charge is 0.155 e. The van der Waals surface area contributed by atoms with Crippen LogP contribution in [0.25, 0.3) is 0 Å². The third kappa shape index (κ3) is 3.71. The quantitative estimate of drug-likeness (QED) is 0.611. The Balaban J connectivity index is 1.95. The van der Waals surface area contributed by atoms with Crippen molar-refractivity contribution in [2.75, 3.05) is 0 Å². The van der Waals surface area contributed by atoms with Gasteiger partial charge in [-0.1, -0.05) is 53.9 Å². The van der Waals surface area contributed by atoms with Crippen molar-refractivity contribution in [3.63, 3.8) is 0 Å². The zero-order valence-electron chi connectivity index (χ0n) is 13.7. The fraction of sp³-hybridized carbons (Fsp3) is 1.00. The van der Waals surface area contributed by atoms with Crippen LogP contribution in [0, 0.1) is 29.6 Å². The highest BCUT2D eigenvalue weighted by Crippen LogP contribution is 2.45. The van der Waals surface area contributed by atoms with Crippen LogP contribution in [0.3, 0.4) is 0 Å². The molecule has 0 aromatic carbocycles. The lowest BCUT2D eigenvalue weighted by Gasteiger charge is -2.43. The van der Waals surface area contributed by atoms with Crippen LogP contribution in [0.1, 0.15) is 73.1 Å². The van der Waals surface area contributed by atoms with Gasteiger partial charge in [-0.25, -0.2) is 0 Å². The summed E-state index contributed by atoms with van der Waals surface area (Å²) in [6, 6.07) is 0. The van der Waals surface area contributed by atoms with Gasteiger partial charge in [-0.2, -0.15) is 11.8 Å². The van der Waals surface area contributed by atoms with Crippen molar-refractivity contribution in [3.8, 4) is 0 Å². The van der Waals surface area contributed by atoms with Gasteiger partial charge in [0.25, 0.3) is 0 Å². The van der Waals surface area contributed by atoms with Crippen LogP contribution in [0.15, 0.2) is 0 Å². The molecule has 1 heteroatoms. The minimum absolute atomic E-state index is 0.875. The van der Waals surface area contributed by atoms with Gasteiger partial charge in [-0.3, -0.25) is 0 Å². The fourth-order valence-corrected chi connectivity index (χ4v) is 6.38. The van der Waals surface area contributed by atoms with Gasteiger partial charge in [-0.05, 0) is 48.9 Å². The third-order valence-electron chi connectivity index (χ3n) is 6.31. The van der Waals surface area contributed by atoms with Gasteiger partial charge in [0.2, 0.25) is 0 Å². The Hall–Kier alpha value is 0.350.